The number of nitrogens with zero attached hydrogens (tertiary/aromatic N) is 1. The molecule has 1 saturated carbocycles. The van der Waals surface area contributed by atoms with Crippen molar-refractivity contribution in [3.8, 4) is 0 Å². The van der Waals surface area contributed by atoms with Gasteiger partial charge in [0.15, 0.2) is 0 Å². The molecule has 1 aliphatic carbocycles. The molecule has 1 atom stereocenters. The number of nitrogens with two attached hydrogens (primary N) is 1. The second kappa shape index (κ2) is 7.47. The molecule has 1 unspecified atom stereocenters. The molecule has 2 fully saturated rings. The number of rotatable bonds is 7. The van der Waals surface area contributed by atoms with Gasteiger partial charge in [-0.15, -0.1) is 11.8 Å². The van der Waals surface area contributed by atoms with Crippen LogP contribution in [0.3, 0.4) is 0 Å². The second-order valence-corrected chi connectivity index (χ2v) is 6.92. The number of carbonyl (C=O) groups is 2. The zero-order valence-electron chi connectivity index (χ0n) is 12.6. The van der Waals surface area contributed by atoms with Gasteiger partial charge < -0.3 is 20.7 Å². The van der Waals surface area contributed by atoms with Crippen LogP contribution in [0.1, 0.15) is 19.8 Å². The first kappa shape index (κ1) is 16.6. The molecule has 2 rings (SSSR count). The number of nitrogens with one attached hydrogen (secondary N) is 1. The third-order valence-corrected chi connectivity index (χ3v) is 5.07. The minimum Gasteiger partial charge on any atom is -0.378 e. The Morgan fingerprint density at radius 2 is 2.00 bits per heavy atom. The molecule has 0 aromatic heterocycles. The molecule has 6 nitrogen and oxygen atoms in total. The van der Waals surface area contributed by atoms with Crippen molar-refractivity contribution in [1.82, 2.24) is 10.2 Å². The molecular formula is C14H25N3O3S. The highest BCUT2D eigenvalue weighted by atomic mass is 32.2. The largest absolute Gasteiger partial charge is 0.378 e. The van der Waals surface area contributed by atoms with E-state index < -0.39 is 0 Å². The van der Waals surface area contributed by atoms with E-state index in [0.29, 0.717) is 50.3 Å². The lowest BCUT2D eigenvalue weighted by Gasteiger charge is -2.29. The normalized spacial score (nSPS) is 21.7. The molecule has 0 radical (unpaired) electrons. The van der Waals surface area contributed by atoms with Crippen molar-refractivity contribution in [1.29, 1.82) is 0 Å². The summed E-state index contributed by atoms with van der Waals surface area (Å²) in [4.78, 5) is 25.7. The van der Waals surface area contributed by atoms with Gasteiger partial charge in [0.1, 0.15) is 0 Å². The molecule has 1 heterocycles. The number of carbonyl (C=O) groups excluding carboxylic acids is 2. The lowest BCUT2D eigenvalue weighted by atomic mass is 9.96. The molecule has 2 aliphatic rings. The molecule has 0 aromatic rings. The third kappa shape index (κ3) is 4.86. The van der Waals surface area contributed by atoms with Crippen molar-refractivity contribution in [3.63, 3.8) is 0 Å². The lowest BCUT2D eigenvalue weighted by molar-refractivity contribution is -0.132. The van der Waals surface area contributed by atoms with E-state index in [-0.39, 0.29) is 17.4 Å². The molecule has 7 heteroatoms. The van der Waals surface area contributed by atoms with E-state index in [4.69, 9.17) is 10.5 Å². The van der Waals surface area contributed by atoms with Gasteiger partial charge in [-0.2, -0.15) is 0 Å². The van der Waals surface area contributed by atoms with Gasteiger partial charge in [-0.25, -0.2) is 0 Å². The van der Waals surface area contributed by atoms with E-state index in [1.807, 2.05) is 6.92 Å². The molecule has 0 bridgehead atoms. The van der Waals surface area contributed by atoms with Crippen molar-refractivity contribution in [2.75, 3.05) is 44.4 Å². The van der Waals surface area contributed by atoms with Crippen LogP contribution in [-0.2, 0) is 14.3 Å². The molecule has 2 amide bonds. The van der Waals surface area contributed by atoms with E-state index in [1.165, 1.54) is 11.8 Å². The topological polar surface area (TPSA) is 84.7 Å². The van der Waals surface area contributed by atoms with Crippen molar-refractivity contribution in [2.45, 2.75) is 25.3 Å². The minimum atomic E-state index is -0.286. The van der Waals surface area contributed by atoms with Crippen LogP contribution in [-0.4, -0.2) is 66.6 Å². The van der Waals surface area contributed by atoms with Gasteiger partial charge in [0, 0.05) is 19.6 Å². The van der Waals surface area contributed by atoms with Gasteiger partial charge in [0.25, 0.3) is 0 Å². The highest BCUT2D eigenvalue weighted by Crippen LogP contribution is 2.38. The first-order chi connectivity index (χ1) is 10.0. The van der Waals surface area contributed by atoms with Gasteiger partial charge in [-0.3, -0.25) is 9.59 Å². The molecule has 21 heavy (non-hydrogen) atoms. The third-order valence-electron chi connectivity index (χ3n) is 4.15. The van der Waals surface area contributed by atoms with E-state index in [9.17, 15) is 9.59 Å². The van der Waals surface area contributed by atoms with Crippen LogP contribution in [0.5, 0.6) is 0 Å². The van der Waals surface area contributed by atoms with Crippen molar-refractivity contribution < 1.29 is 14.3 Å². The summed E-state index contributed by atoms with van der Waals surface area (Å²) < 4.78 is 5.21. The fourth-order valence-electron chi connectivity index (χ4n) is 2.53. The van der Waals surface area contributed by atoms with Crippen molar-refractivity contribution >= 4 is 23.6 Å². The summed E-state index contributed by atoms with van der Waals surface area (Å²) >= 11 is 1.36. The average Bonchev–Trinajstić information content (AvgIpc) is 3.33. The van der Waals surface area contributed by atoms with Crippen LogP contribution in [0.4, 0.5) is 0 Å². The van der Waals surface area contributed by atoms with Crippen LogP contribution in [0, 0.1) is 5.92 Å². The van der Waals surface area contributed by atoms with E-state index in [2.05, 4.69) is 5.32 Å². The molecule has 0 aromatic carbocycles. The smallest absolute Gasteiger partial charge is 0.232 e. The SMILES string of the molecule is CC(CN)(NC(=O)CSCC(=O)N1CCOCC1)C1CC1. The monoisotopic (exact) mass is 315 g/mol. The Hall–Kier alpha value is -0.790. The fraction of sp³-hybridized carbons (Fsp3) is 0.857. The summed E-state index contributed by atoms with van der Waals surface area (Å²) in [5.41, 5.74) is 5.49. The Balaban J connectivity index is 1.65. The Morgan fingerprint density at radius 3 is 2.57 bits per heavy atom. The van der Waals surface area contributed by atoms with Gasteiger partial charge in [0.05, 0.1) is 30.3 Å². The van der Waals surface area contributed by atoms with Crippen molar-refractivity contribution in [3.05, 3.63) is 0 Å². The van der Waals surface area contributed by atoms with E-state index >= 15 is 0 Å². The minimum absolute atomic E-state index is 0.0328. The maximum absolute atomic E-state index is 12.0. The molecular weight excluding hydrogens is 290 g/mol. The first-order valence-corrected chi connectivity index (χ1v) is 8.65. The maximum Gasteiger partial charge on any atom is 0.232 e. The van der Waals surface area contributed by atoms with Crippen LogP contribution in [0.25, 0.3) is 0 Å². The Morgan fingerprint density at radius 1 is 1.33 bits per heavy atom. The molecule has 120 valence electrons. The molecule has 3 N–H and O–H groups in total. The summed E-state index contributed by atoms with van der Waals surface area (Å²) in [5, 5.41) is 3.03. The molecule has 1 aliphatic heterocycles. The van der Waals surface area contributed by atoms with Gasteiger partial charge >= 0.3 is 0 Å². The number of thioether (sulfide) groups is 1. The Kier molecular flexibility index (Phi) is 5.89. The van der Waals surface area contributed by atoms with Crippen LogP contribution in [0.2, 0.25) is 0 Å². The van der Waals surface area contributed by atoms with E-state index in [0.717, 1.165) is 12.8 Å². The quantitative estimate of drug-likeness (QED) is 0.681. The standard InChI is InChI=1S/C14H25N3O3S/c1-14(10-15,11-2-3-11)16-12(18)8-21-9-13(19)17-4-6-20-7-5-17/h11H,2-10,15H2,1H3,(H,16,18). The Labute approximate surface area is 130 Å². The highest BCUT2D eigenvalue weighted by Gasteiger charge is 2.41. The predicted molar refractivity (Wildman–Crippen MR) is 83.1 cm³/mol. The van der Waals surface area contributed by atoms with E-state index in [1.54, 1.807) is 4.90 Å². The zero-order chi connectivity index (χ0) is 15.3. The highest BCUT2D eigenvalue weighted by molar-refractivity contribution is 8.00. The van der Waals surface area contributed by atoms with Gasteiger partial charge in [0.2, 0.25) is 11.8 Å². The first-order valence-electron chi connectivity index (χ1n) is 7.49. The number of hydrogen-bond acceptors (Lipinski definition) is 5. The summed E-state index contributed by atoms with van der Waals surface area (Å²) in [6, 6.07) is 0. The average molecular weight is 315 g/mol. The number of amides is 2. The van der Waals surface area contributed by atoms with Crippen molar-refractivity contribution in [2.24, 2.45) is 11.7 Å². The summed E-state index contributed by atoms with van der Waals surface area (Å²) in [5.74, 6) is 1.20. The fourth-order valence-corrected chi connectivity index (χ4v) is 3.25. The second-order valence-electron chi connectivity index (χ2n) is 5.93. The van der Waals surface area contributed by atoms with Gasteiger partial charge in [-0.1, -0.05) is 0 Å². The number of hydrogen-bond donors (Lipinski definition) is 2. The number of morpholine rings is 1. The molecule has 1 saturated heterocycles. The predicted octanol–water partition coefficient (Wildman–Crippen LogP) is -0.178. The summed E-state index contributed by atoms with van der Waals surface area (Å²) in [6.45, 7) is 4.98. The molecule has 0 spiro atoms. The van der Waals surface area contributed by atoms with Crippen LogP contribution < -0.4 is 11.1 Å². The van der Waals surface area contributed by atoms with Crippen LogP contribution in [0.15, 0.2) is 0 Å². The Bertz CT molecular complexity index is 384. The number of ether oxygens (including phenoxy) is 1. The maximum atomic E-state index is 12.0. The zero-order valence-corrected chi connectivity index (χ0v) is 13.4. The van der Waals surface area contributed by atoms with Crippen LogP contribution >= 0.6 is 11.8 Å². The summed E-state index contributed by atoms with van der Waals surface area (Å²) in [7, 11) is 0. The van der Waals surface area contributed by atoms with Gasteiger partial charge in [-0.05, 0) is 25.7 Å². The lowest BCUT2D eigenvalue weighted by Crippen LogP contribution is -2.53. The summed E-state index contributed by atoms with van der Waals surface area (Å²) in [6.07, 6.45) is 2.27.